The molecule has 1 amide bonds. The molecule has 1 aromatic carbocycles. The zero-order valence-electron chi connectivity index (χ0n) is 15.7. The Bertz CT molecular complexity index is 773. The summed E-state index contributed by atoms with van der Waals surface area (Å²) in [7, 11) is 0. The van der Waals surface area contributed by atoms with Crippen LogP contribution in [0, 0.1) is 21.4 Å². The summed E-state index contributed by atoms with van der Waals surface area (Å²) in [5.41, 5.74) is -0.271. The third-order valence-electron chi connectivity index (χ3n) is 5.82. The average Bonchev–Trinajstić information content (AvgIpc) is 3.05. The van der Waals surface area contributed by atoms with Gasteiger partial charge in [0.15, 0.2) is 0 Å². The third kappa shape index (κ3) is 3.74. The minimum absolute atomic E-state index is 0.0735. The summed E-state index contributed by atoms with van der Waals surface area (Å²) in [5, 5.41) is 20.9. The standard InChI is InChI=1S/C19H25N3O5/c1-13-5-8-20(9-6-13)15-4-3-14(11-16(15)22(26)27)17(23)21-10-7-19(2,12-21)18(24)25/h3-4,11,13H,5-10,12H2,1-2H3,(H,24,25). The second-order valence-corrected chi connectivity index (χ2v) is 7.97. The highest BCUT2D eigenvalue weighted by Gasteiger charge is 2.42. The van der Waals surface area contributed by atoms with Crippen LogP contribution in [-0.2, 0) is 4.79 Å². The first-order valence-corrected chi connectivity index (χ1v) is 9.27. The van der Waals surface area contributed by atoms with Crippen molar-refractivity contribution in [3.8, 4) is 0 Å². The van der Waals surface area contributed by atoms with Gasteiger partial charge in [0, 0.05) is 37.8 Å². The molecule has 1 unspecified atom stereocenters. The van der Waals surface area contributed by atoms with E-state index in [4.69, 9.17) is 0 Å². The number of amides is 1. The van der Waals surface area contributed by atoms with Crippen LogP contribution in [0.1, 0.15) is 43.5 Å². The minimum atomic E-state index is -0.966. The van der Waals surface area contributed by atoms with E-state index in [-0.39, 0.29) is 23.7 Å². The number of aliphatic carboxylic acids is 1. The minimum Gasteiger partial charge on any atom is -0.481 e. The molecule has 0 aromatic heterocycles. The topological polar surface area (TPSA) is 104 Å². The van der Waals surface area contributed by atoms with Gasteiger partial charge in [0.05, 0.1) is 10.3 Å². The summed E-state index contributed by atoms with van der Waals surface area (Å²) < 4.78 is 0. The van der Waals surface area contributed by atoms with E-state index in [1.807, 2.05) is 4.90 Å². The van der Waals surface area contributed by atoms with Gasteiger partial charge in [0.2, 0.25) is 0 Å². The Labute approximate surface area is 157 Å². The molecule has 27 heavy (non-hydrogen) atoms. The van der Waals surface area contributed by atoms with Crippen molar-refractivity contribution in [2.45, 2.75) is 33.1 Å². The van der Waals surface area contributed by atoms with Gasteiger partial charge < -0.3 is 14.9 Å². The average molecular weight is 375 g/mol. The number of likely N-dealkylation sites (tertiary alicyclic amines) is 1. The molecule has 0 spiro atoms. The number of hydrogen-bond acceptors (Lipinski definition) is 5. The number of anilines is 1. The van der Waals surface area contributed by atoms with Gasteiger partial charge in [0.1, 0.15) is 5.69 Å². The molecule has 1 atom stereocenters. The van der Waals surface area contributed by atoms with Gasteiger partial charge in [0.25, 0.3) is 11.6 Å². The molecule has 8 heteroatoms. The molecule has 1 N–H and O–H groups in total. The predicted octanol–water partition coefficient (Wildman–Crippen LogP) is 2.77. The second-order valence-electron chi connectivity index (χ2n) is 7.97. The molecule has 0 radical (unpaired) electrons. The Hall–Kier alpha value is -2.64. The highest BCUT2D eigenvalue weighted by atomic mass is 16.6. The molecule has 2 saturated heterocycles. The van der Waals surface area contributed by atoms with Crippen molar-refractivity contribution < 1.29 is 19.6 Å². The molecule has 2 aliphatic heterocycles. The van der Waals surface area contributed by atoms with Crippen molar-refractivity contribution in [3.05, 3.63) is 33.9 Å². The molecule has 0 saturated carbocycles. The van der Waals surface area contributed by atoms with E-state index in [1.54, 1.807) is 19.1 Å². The largest absolute Gasteiger partial charge is 0.481 e. The van der Waals surface area contributed by atoms with E-state index in [1.165, 1.54) is 11.0 Å². The van der Waals surface area contributed by atoms with E-state index in [0.717, 1.165) is 25.9 Å². The van der Waals surface area contributed by atoms with Crippen molar-refractivity contribution >= 4 is 23.3 Å². The molecular weight excluding hydrogens is 350 g/mol. The lowest BCUT2D eigenvalue weighted by atomic mass is 9.90. The van der Waals surface area contributed by atoms with Gasteiger partial charge in [-0.2, -0.15) is 0 Å². The number of carboxylic acids is 1. The molecule has 2 fully saturated rings. The van der Waals surface area contributed by atoms with E-state index in [2.05, 4.69) is 6.92 Å². The normalized spacial score (nSPS) is 23.5. The lowest BCUT2D eigenvalue weighted by Crippen LogP contribution is -2.35. The summed E-state index contributed by atoms with van der Waals surface area (Å²) in [4.78, 5) is 38.8. The Morgan fingerprint density at radius 1 is 1.26 bits per heavy atom. The second kappa shape index (κ2) is 7.17. The first-order valence-electron chi connectivity index (χ1n) is 9.27. The summed E-state index contributed by atoms with van der Waals surface area (Å²) in [5.74, 6) is -0.680. The van der Waals surface area contributed by atoms with Crippen molar-refractivity contribution in [2.75, 3.05) is 31.1 Å². The van der Waals surface area contributed by atoms with Crippen LogP contribution in [0.2, 0.25) is 0 Å². The van der Waals surface area contributed by atoms with E-state index >= 15 is 0 Å². The summed E-state index contributed by atoms with van der Waals surface area (Å²) >= 11 is 0. The summed E-state index contributed by atoms with van der Waals surface area (Å²) in [6.07, 6.45) is 2.35. The SMILES string of the molecule is CC1CCN(c2ccc(C(=O)N3CCC(C)(C(=O)O)C3)cc2[N+](=O)[O-])CC1. The number of carbonyl (C=O) groups is 2. The molecule has 0 bridgehead atoms. The van der Waals surface area contributed by atoms with Gasteiger partial charge in [-0.05, 0) is 44.2 Å². The lowest BCUT2D eigenvalue weighted by molar-refractivity contribution is -0.384. The van der Waals surface area contributed by atoms with Crippen LogP contribution in [0.5, 0.6) is 0 Å². The molecule has 8 nitrogen and oxygen atoms in total. The number of benzene rings is 1. The Balaban J connectivity index is 1.83. The highest BCUT2D eigenvalue weighted by molar-refractivity contribution is 5.96. The van der Waals surface area contributed by atoms with Crippen LogP contribution >= 0.6 is 0 Å². The van der Waals surface area contributed by atoms with Gasteiger partial charge in [-0.25, -0.2) is 0 Å². The summed E-state index contributed by atoms with van der Waals surface area (Å²) in [6, 6.07) is 4.58. The Kier molecular flexibility index (Phi) is 5.08. The van der Waals surface area contributed by atoms with Gasteiger partial charge in [-0.1, -0.05) is 6.92 Å². The van der Waals surface area contributed by atoms with Gasteiger partial charge in [-0.15, -0.1) is 0 Å². The zero-order valence-corrected chi connectivity index (χ0v) is 15.7. The van der Waals surface area contributed by atoms with E-state index in [9.17, 15) is 24.8 Å². The number of rotatable bonds is 4. The smallest absolute Gasteiger partial charge is 0.311 e. The lowest BCUT2D eigenvalue weighted by Gasteiger charge is -2.31. The van der Waals surface area contributed by atoms with Crippen LogP contribution in [0.4, 0.5) is 11.4 Å². The quantitative estimate of drug-likeness (QED) is 0.641. The van der Waals surface area contributed by atoms with Crippen LogP contribution in [0.25, 0.3) is 0 Å². The van der Waals surface area contributed by atoms with Crippen molar-refractivity contribution in [1.82, 2.24) is 4.90 Å². The molecular formula is C19H25N3O5. The number of carbonyl (C=O) groups excluding carboxylic acids is 1. The maximum absolute atomic E-state index is 12.8. The highest BCUT2D eigenvalue weighted by Crippen LogP contribution is 2.34. The monoisotopic (exact) mass is 375 g/mol. The van der Waals surface area contributed by atoms with Crippen LogP contribution in [-0.4, -0.2) is 53.0 Å². The molecule has 3 rings (SSSR count). The Morgan fingerprint density at radius 3 is 2.48 bits per heavy atom. The molecule has 0 aliphatic carbocycles. The van der Waals surface area contributed by atoms with Crippen molar-refractivity contribution in [1.29, 1.82) is 0 Å². The predicted molar refractivity (Wildman–Crippen MR) is 100.0 cm³/mol. The first kappa shape index (κ1) is 19.1. The number of nitro groups is 1. The fourth-order valence-electron chi connectivity index (χ4n) is 3.81. The molecule has 2 aliphatic rings. The number of nitro benzene ring substituents is 1. The van der Waals surface area contributed by atoms with Crippen molar-refractivity contribution in [2.24, 2.45) is 11.3 Å². The molecule has 1 aromatic rings. The summed E-state index contributed by atoms with van der Waals surface area (Å²) in [6.45, 7) is 5.76. The maximum atomic E-state index is 12.8. The van der Waals surface area contributed by atoms with Crippen LogP contribution in [0.3, 0.4) is 0 Å². The van der Waals surface area contributed by atoms with E-state index < -0.39 is 16.3 Å². The van der Waals surface area contributed by atoms with Gasteiger partial charge >= 0.3 is 5.97 Å². The molecule has 2 heterocycles. The number of piperidine rings is 1. The maximum Gasteiger partial charge on any atom is 0.311 e. The number of hydrogen-bond donors (Lipinski definition) is 1. The van der Waals surface area contributed by atoms with Crippen LogP contribution in [0.15, 0.2) is 18.2 Å². The van der Waals surface area contributed by atoms with Crippen LogP contribution < -0.4 is 4.90 Å². The fourth-order valence-corrected chi connectivity index (χ4v) is 3.81. The third-order valence-corrected chi connectivity index (χ3v) is 5.82. The zero-order chi connectivity index (χ0) is 19.8. The molecule has 146 valence electrons. The van der Waals surface area contributed by atoms with Crippen molar-refractivity contribution in [3.63, 3.8) is 0 Å². The Morgan fingerprint density at radius 2 is 1.93 bits per heavy atom. The number of nitrogens with zero attached hydrogens (tertiary/aromatic N) is 3. The van der Waals surface area contributed by atoms with Gasteiger partial charge in [-0.3, -0.25) is 19.7 Å². The first-order chi connectivity index (χ1) is 12.7. The number of carboxylic acid groups (broad SMARTS) is 1. The fraction of sp³-hybridized carbons (Fsp3) is 0.579. The van der Waals surface area contributed by atoms with E-state index in [0.29, 0.717) is 24.6 Å².